The minimum Gasteiger partial charge on any atom is -0.477 e. The lowest BCUT2D eigenvalue weighted by atomic mass is 9.89. The zero-order valence-corrected chi connectivity index (χ0v) is 21.1. The first-order chi connectivity index (χ1) is 14.6. The van der Waals surface area contributed by atoms with Gasteiger partial charge in [0.25, 0.3) is 0 Å². The number of rotatable bonds is 2. The zero-order chi connectivity index (χ0) is 23.2. The lowest BCUT2D eigenvalue weighted by molar-refractivity contribution is 0.0785. The third-order valence-electron chi connectivity index (χ3n) is 5.33. The van der Waals surface area contributed by atoms with Crippen LogP contribution in [0.3, 0.4) is 0 Å². The van der Waals surface area contributed by atoms with Gasteiger partial charge >= 0.3 is 0 Å². The summed E-state index contributed by atoms with van der Waals surface area (Å²) in [6.07, 6.45) is 1.92. The molecule has 2 aliphatic heterocycles. The average Bonchev–Trinajstić information content (AvgIpc) is 3.34. The highest BCUT2D eigenvalue weighted by Gasteiger charge is 2.28. The van der Waals surface area contributed by atoms with Crippen molar-refractivity contribution in [2.45, 2.75) is 85.9 Å². The molecule has 0 aromatic carbocycles. The summed E-state index contributed by atoms with van der Waals surface area (Å²) in [5.74, 6) is 1.34. The van der Waals surface area contributed by atoms with Gasteiger partial charge in [0.05, 0.1) is 43.9 Å². The quantitative estimate of drug-likeness (QED) is 0.771. The Morgan fingerprint density at radius 1 is 1.13 bits per heavy atom. The number of aromatic nitrogens is 4. The van der Waals surface area contributed by atoms with Crippen molar-refractivity contribution >= 4 is 0 Å². The van der Waals surface area contributed by atoms with Crippen molar-refractivity contribution in [3.63, 3.8) is 0 Å². The monoisotopic (exact) mass is 433 g/mol. The third kappa shape index (κ3) is 6.56. The van der Waals surface area contributed by atoms with Crippen LogP contribution in [0.25, 0.3) is 0 Å². The van der Waals surface area contributed by atoms with Gasteiger partial charge in [-0.1, -0.05) is 55.4 Å². The van der Waals surface area contributed by atoms with Crippen LogP contribution in [0.5, 0.6) is 5.88 Å². The Kier molecular flexibility index (Phi) is 8.72. The van der Waals surface area contributed by atoms with E-state index in [0.29, 0.717) is 5.92 Å². The highest BCUT2D eigenvalue weighted by molar-refractivity contribution is 5.31. The Morgan fingerprint density at radius 2 is 1.84 bits per heavy atom. The van der Waals surface area contributed by atoms with Gasteiger partial charge < -0.3 is 14.8 Å². The Balaban J connectivity index is 0.000000208. The minimum atomic E-state index is 0.0850. The van der Waals surface area contributed by atoms with Crippen molar-refractivity contribution in [3.8, 4) is 5.88 Å². The van der Waals surface area contributed by atoms with Gasteiger partial charge in [0.15, 0.2) is 0 Å². The van der Waals surface area contributed by atoms with Crippen LogP contribution in [0.15, 0.2) is 12.3 Å². The highest BCUT2D eigenvalue weighted by Crippen LogP contribution is 2.33. The largest absolute Gasteiger partial charge is 0.477 e. The normalized spacial score (nSPS) is 17.9. The van der Waals surface area contributed by atoms with E-state index in [1.54, 1.807) is 7.11 Å². The van der Waals surface area contributed by atoms with Crippen LogP contribution >= 0.6 is 0 Å². The SMILES string of the molecule is CC.CC(C)(C)c1cc2n(n1)CCNC2.COCC1COc2c(C(C)(C)C)cnn2C1. The lowest BCUT2D eigenvalue weighted by Crippen LogP contribution is -2.29. The summed E-state index contributed by atoms with van der Waals surface area (Å²) in [5.41, 5.74) is 3.96. The van der Waals surface area contributed by atoms with Gasteiger partial charge in [-0.15, -0.1) is 0 Å². The first-order valence-corrected chi connectivity index (χ1v) is 11.6. The maximum atomic E-state index is 5.81. The summed E-state index contributed by atoms with van der Waals surface area (Å²) >= 11 is 0. The molecular formula is C24H43N5O2. The molecule has 0 amide bonds. The van der Waals surface area contributed by atoms with Crippen molar-refractivity contribution in [3.05, 3.63) is 29.2 Å². The second-order valence-electron chi connectivity index (χ2n) is 10.1. The predicted octanol–water partition coefficient (Wildman–Crippen LogP) is 4.15. The van der Waals surface area contributed by atoms with E-state index >= 15 is 0 Å². The molecule has 2 aromatic rings. The lowest BCUT2D eigenvalue weighted by Gasteiger charge is -2.26. The van der Waals surface area contributed by atoms with Gasteiger partial charge in [-0.2, -0.15) is 10.2 Å². The molecule has 0 fully saturated rings. The maximum absolute atomic E-state index is 5.81. The molecule has 4 heterocycles. The van der Waals surface area contributed by atoms with E-state index in [1.807, 2.05) is 24.7 Å². The smallest absolute Gasteiger partial charge is 0.215 e. The van der Waals surface area contributed by atoms with Crippen LogP contribution in [0, 0.1) is 5.92 Å². The summed E-state index contributed by atoms with van der Waals surface area (Å²) in [6.45, 7) is 22.5. The molecule has 7 heteroatoms. The fourth-order valence-electron chi connectivity index (χ4n) is 3.56. The van der Waals surface area contributed by atoms with E-state index in [1.165, 1.54) is 17.0 Å². The Morgan fingerprint density at radius 3 is 2.42 bits per heavy atom. The summed E-state index contributed by atoms with van der Waals surface area (Å²) in [5, 5.41) is 12.3. The summed E-state index contributed by atoms with van der Waals surface area (Å²) in [6, 6.07) is 2.21. The van der Waals surface area contributed by atoms with Crippen LogP contribution in [0.2, 0.25) is 0 Å². The van der Waals surface area contributed by atoms with Gasteiger partial charge in [-0.05, 0) is 11.5 Å². The molecule has 31 heavy (non-hydrogen) atoms. The molecule has 0 spiro atoms. The van der Waals surface area contributed by atoms with E-state index in [4.69, 9.17) is 9.47 Å². The first-order valence-electron chi connectivity index (χ1n) is 11.6. The molecule has 1 unspecified atom stereocenters. The Bertz CT molecular complexity index is 788. The van der Waals surface area contributed by atoms with Crippen LogP contribution in [-0.4, -0.2) is 46.4 Å². The van der Waals surface area contributed by atoms with Crippen molar-refractivity contribution in [1.29, 1.82) is 0 Å². The average molecular weight is 434 g/mol. The number of hydrogen-bond acceptors (Lipinski definition) is 5. The highest BCUT2D eigenvalue weighted by atomic mass is 16.5. The first kappa shape index (κ1) is 25.4. The van der Waals surface area contributed by atoms with Crippen molar-refractivity contribution < 1.29 is 9.47 Å². The second-order valence-corrected chi connectivity index (χ2v) is 10.1. The van der Waals surface area contributed by atoms with Gasteiger partial charge in [-0.3, -0.25) is 4.68 Å². The number of nitrogens with zero attached hydrogens (tertiary/aromatic N) is 4. The van der Waals surface area contributed by atoms with Crippen LogP contribution in [-0.2, 0) is 35.2 Å². The molecule has 1 atom stereocenters. The van der Waals surface area contributed by atoms with E-state index in [9.17, 15) is 0 Å². The Hall–Kier alpha value is -1.86. The standard InChI is InChI=1S/C12H20N2O2.C10H17N3.C2H6/c1-12(2,3)10-5-13-14-6-9(7-15-4)8-16-11(10)14;1-10(2,3)9-6-8-7-11-4-5-13(8)12-9;1-2/h5,9H,6-8H2,1-4H3;6,11H,4-5,7H2,1-3H3;1-2H3. The molecular weight excluding hydrogens is 390 g/mol. The third-order valence-corrected chi connectivity index (χ3v) is 5.33. The zero-order valence-electron chi connectivity index (χ0n) is 21.1. The summed E-state index contributed by atoms with van der Waals surface area (Å²) < 4.78 is 15.0. The summed E-state index contributed by atoms with van der Waals surface area (Å²) in [7, 11) is 1.72. The van der Waals surface area contributed by atoms with Gasteiger partial charge in [0.1, 0.15) is 0 Å². The fourth-order valence-corrected chi connectivity index (χ4v) is 3.56. The topological polar surface area (TPSA) is 66.1 Å². The Labute approximate surface area is 188 Å². The molecule has 176 valence electrons. The number of methoxy groups -OCH3 is 1. The van der Waals surface area contributed by atoms with Crippen molar-refractivity contribution in [1.82, 2.24) is 24.9 Å². The molecule has 7 nitrogen and oxygen atoms in total. The number of nitrogens with one attached hydrogen (secondary N) is 1. The molecule has 0 bridgehead atoms. The molecule has 0 aliphatic carbocycles. The van der Waals surface area contributed by atoms with Crippen LogP contribution in [0.1, 0.15) is 72.3 Å². The number of fused-ring (bicyclic) bond motifs is 2. The molecule has 0 saturated heterocycles. The number of ether oxygens (including phenoxy) is 2. The fraction of sp³-hybridized carbons (Fsp3) is 0.750. The van der Waals surface area contributed by atoms with Gasteiger partial charge in [0, 0.05) is 37.1 Å². The molecule has 2 aromatic heterocycles. The van der Waals surface area contributed by atoms with Crippen LogP contribution in [0.4, 0.5) is 0 Å². The molecule has 4 rings (SSSR count). The molecule has 0 radical (unpaired) electrons. The predicted molar refractivity (Wildman–Crippen MR) is 126 cm³/mol. The van der Waals surface area contributed by atoms with E-state index in [-0.39, 0.29) is 10.8 Å². The van der Waals surface area contributed by atoms with Gasteiger partial charge in [0.2, 0.25) is 5.88 Å². The van der Waals surface area contributed by atoms with E-state index in [0.717, 1.165) is 45.3 Å². The van der Waals surface area contributed by atoms with Gasteiger partial charge in [-0.25, -0.2) is 4.68 Å². The van der Waals surface area contributed by atoms with Crippen LogP contribution < -0.4 is 10.1 Å². The number of hydrogen-bond donors (Lipinski definition) is 1. The second kappa shape index (κ2) is 10.6. The van der Waals surface area contributed by atoms with E-state index < -0.39 is 0 Å². The minimum absolute atomic E-state index is 0.0850. The van der Waals surface area contributed by atoms with E-state index in [2.05, 4.69) is 67.8 Å². The molecule has 0 saturated carbocycles. The maximum Gasteiger partial charge on any atom is 0.215 e. The summed E-state index contributed by atoms with van der Waals surface area (Å²) in [4.78, 5) is 0. The molecule has 1 N–H and O–H groups in total. The molecule has 2 aliphatic rings. The van der Waals surface area contributed by atoms with Crippen molar-refractivity contribution in [2.24, 2.45) is 5.92 Å². The van der Waals surface area contributed by atoms with Crippen molar-refractivity contribution in [2.75, 3.05) is 26.9 Å².